The van der Waals surface area contributed by atoms with Crippen LogP contribution in [0.15, 0.2) is 33.7 Å². The van der Waals surface area contributed by atoms with Gasteiger partial charge in [0, 0.05) is 25.6 Å². The van der Waals surface area contributed by atoms with E-state index in [0.717, 1.165) is 6.42 Å². The summed E-state index contributed by atoms with van der Waals surface area (Å²) in [6.07, 6.45) is 1.81. The lowest BCUT2D eigenvalue weighted by molar-refractivity contribution is -0.126. The van der Waals surface area contributed by atoms with Crippen molar-refractivity contribution in [2.45, 2.75) is 44.9 Å². The van der Waals surface area contributed by atoms with Gasteiger partial charge >= 0.3 is 0 Å². The molecule has 0 aliphatic carbocycles. The summed E-state index contributed by atoms with van der Waals surface area (Å²) in [5, 5.41) is 6.72. The topological polar surface area (TPSA) is 92.5 Å². The fourth-order valence-corrected chi connectivity index (χ4v) is 5.32. The second-order valence-corrected chi connectivity index (χ2v) is 9.23. The van der Waals surface area contributed by atoms with E-state index in [1.54, 1.807) is 13.8 Å². The van der Waals surface area contributed by atoms with E-state index in [-0.39, 0.29) is 16.7 Å². The molecule has 1 N–H and O–H groups in total. The van der Waals surface area contributed by atoms with Crippen LogP contribution in [0, 0.1) is 26.7 Å². The molecule has 1 aliphatic heterocycles. The lowest BCUT2D eigenvalue weighted by Crippen LogP contribution is -2.43. The van der Waals surface area contributed by atoms with Gasteiger partial charge in [0.25, 0.3) is 0 Å². The number of rotatable bonds is 6. The number of nitrogens with one attached hydrogen (secondary N) is 1. The molecule has 1 amide bonds. The van der Waals surface area contributed by atoms with E-state index in [4.69, 9.17) is 4.52 Å². The van der Waals surface area contributed by atoms with Gasteiger partial charge in [-0.1, -0.05) is 35.0 Å². The van der Waals surface area contributed by atoms with Crippen LogP contribution < -0.4 is 5.32 Å². The monoisotopic (exact) mass is 405 g/mol. The molecule has 28 heavy (non-hydrogen) atoms. The van der Waals surface area contributed by atoms with Crippen molar-refractivity contribution in [2.24, 2.45) is 5.92 Å². The van der Waals surface area contributed by atoms with Crippen LogP contribution in [0.2, 0.25) is 0 Å². The molecule has 2 heterocycles. The predicted molar refractivity (Wildman–Crippen MR) is 105 cm³/mol. The van der Waals surface area contributed by atoms with Gasteiger partial charge < -0.3 is 9.84 Å². The zero-order valence-electron chi connectivity index (χ0n) is 16.6. The Labute approximate surface area is 166 Å². The SMILES string of the molecule is Cc1ccc(CCNC(=O)C2CCN(S(=O)(=O)c3c(C)noc3C)CC2)cc1. The molecule has 0 atom stereocenters. The standard InChI is InChI=1S/C20H27N3O4S/c1-14-4-6-17(7-5-14)8-11-21-20(24)18-9-12-23(13-10-18)28(25,26)19-15(2)22-27-16(19)3/h4-7,18H,8-13H2,1-3H3,(H,21,24). The minimum atomic E-state index is -3.64. The Kier molecular flexibility index (Phi) is 6.20. The number of sulfonamides is 1. The Balaban J connectivity index is 1.50. The van der Waals surface area contributed by atoms with Gasteiger partial charge in [0.1, 0.15) is 10.6 Å². The highest BCUT2D eigenvalue weighted by atomic mass is 32.2. The number of hydrogen-bond acceptors (Lipinski definition) is 5. The molecule has 1 aliphatic rings. The Morgan fingerprint density at radius 2 is 1.82 bits per heavy atom. The minimum Gasteiger partial charge on any atom is -0.360 e. The summed E-state index contributed by atoms with van der Waals surface area (Å²) in [5.74, 6) is 0.143. The molecule has 0 spiro atoms. The largest absolute Gasteiger partial charge is 0.360 e. The van der Waals surface area contributed by atoms with Crippen LogP contribution in [0.3, 0.4) is 0 Å². The van der Waals surface area contributed by atoms with Crippen LogP contribution in [-0.2, 0) is 21.2 Å². The summed E-state index contributed by atoms with van der Waals surface area (Å²) in [4.78, 5) is 12.6. The number of aromatic nitrogens is 1. The van der Waals surface area contributed by atoms with Gasteiger partial charge in [0.05, 0.1) is 0 Å². The molecule has 3 rings (SSSR count). The quantitative estimate of drug-likeness (QED) is 0.796. The van der Waals surface area contributed by atoms with Crippen LogP contribution in [-0.4, -0.2) is 43.4 Å². The summed E-state index contributed by atoms with van der Waals surface area (Å²) < 4.78 is 32.1. The smallest absolute Gasteiger partial charge is 0.248 e. The van der Waals surface area contributed by atoms with Crippen molar-refractivity contribution in [3.63, 3.8) is 0 Å². The van der Waals surface area contributed by atoms with E-state index < -0.39 is 10.0 Å². The van der Waals surface area contributed by atoms with Gasteiger partial charge in [-0.15, -0.1) is 0 Å². The van der Waals surface area contributed by atoms with E-state index >= 15 is 0 Å². The number of carbonyl (C=O) groups excluding carboxylic acids is 1. The first-order chi connectivity index (χ1) is 13.3. The third-order valence-electron chi connectivity index (χ3n) is 5.22. The average molecular weight is 406 g/mol. The second kappa shape index (κ2) is 8.45. The number of benzene rings is 1. The van der Waals surface area contributed by atoms with Crippen LogP contribution in [0.25, 0.3) is 0 Å². The molecule has 1 aromatic carbocycles. The van der Waals surface area contributed by atoms with Crippen LogP contribution >= 0.6 is 0 Å². The fourth-order valence-electron chi connectivity index (χ4n) is 3.56. The maximum Gasteiger partial charge on any atom is 0.248 e. The van der Waals surface area contributed by atoms with Gasteiger partial charge in [-0.25, -0.2) is 8.42 Å². The lowest BCUT2D eigenvalue weighted by Gasteiger charge is -2.30. The third kappa shape index (κ3) is 4.44. The highest BCUT2D eigenvalue weighted by molar-refractivity contribution is 7.89. The van der Waals surface area contributed by atoms with Crippen molar-refractivity contribution < 1.29 is 17.7 Å². The van der Waals surface area contributed by atoms with Gasteiger partial charge in [-0.05, 0) is 45.6 Å². The zero-order valence-corrected chi connectivity index (χ0v) is 17.4. The Bertz CT molecular complexity index is 907. The van der Waals surface area contributed by atoms with E-state index in [0.29, 0.717) is 43.9 Å². The molecular formula is C20H27N3O4S. The molecule has 0 saturated carbocycles. The number of amides is 1. The highest BCUT2D eigenvalue weighted by Gasteiger charge is 2.35. The summed E-state index contributed by atoms with van der Waals surface area (Å²) >= 11 is 0. The van der Waals surface area contributed by atoms with Crippen LogP contribution in [0.1, 0.15) is 35.4 Å². The second-order valence-electron chi connectivity index (χ2n) is 7.36. The van der Waals surface area contributed by atoms with Gasteiger partial charge in [-0.2, -0.15) is 4.31 Å². The van der Waals surface area contributed by atoms with E-state index in [2.05, 4.69) is 34.7 Å². The van der Waals surface area contributed by atoms with Crippen molar-refractivity contribution in [3.05, 3.63) is 46.8 Å². The molecular weight excluding hydrogens is 378 g/mol. The first-order valence-electron chi connectivity index (χ1n) is 9.55. The van der Waals surface area contributed by atoms with E-state index in [1.165, 1.54) is 15.4 Å². The minimum absolute atomic E-state index is 0.00139. The first-order valence-corrected chi connectivity index (χ1v) is 11.0. The molecule has 2 aromatic rings. The summed E-state index contributed by atoms with van der Waals surface area (Å²) in [5.41, 5.74) is 2.77. The highest BCUT2D eigenvalue weighted by Crippen LogP contribution is 2.27. The zero-order chi connectivity index (χ0) is 20.3. The number of carbonyl (C=O) groups is 1. The Morgan fingerprint density at radius 3 is 2.39 bits per heavy atom. The Hall–Kier alpha value is -2.19. The average Bonchev–Trinajstić information content (AvgIpc) is 3.02. The molecule has 0 bridgehead atoms. The lowest BCUT2D eigenvalue weighted by atomic mass is 9.97. The summed E-state index contributed by atoms with van der Waals surface area (Å²) in [7, 11) is -3.64. The normalized spacial score (nSPS) is 16.2. The number of nitrogens with zero attached hydrogens (tertiary/aromatic N) is 2. The first kappa shape index (κ1) is 20.5. The number of hydrogen-bond donors (Lipinski definition) is 1. The number of piperidine rings is 1. The molecule has 1 saturated heterocycles. The van der Waals surface area contributed by atoms with Gasteiger partial charge in [0.2, 0.25) is 15.9 Å². The fraction of sp³-hybridized carbons (Fsp3) is 0.500. The van der Waals surface area contributed by atoms with Crippen molar-refractivity contribution in [2.75, 3.05) is 19.6 Å². The van der Waals surface area contributed by atoms with Crippen molar-refractivity contribution in [3.8, 4) is 0 Å². The molecule has 8 heteroatoms. The molecule has 152 valence electrons. The van der Waals surface area contributed by atoms with Crippen molar-refractivity contribution >= 4 is 15.9 Å². The molecule has 0 radical (unpaired) electrons. The van der Waals surface area contributed by atoms with Crippen molar-refractivity contribution in [1.82, 2.24) is 14.8 Å². The summed E-state index contributed by atoms with van der Waals surface area (Å²) in [6, 6.07) is 8.26. The van der Waals surface area contributed by atoms with Gasteiger partial charge in [0.15, 0.2) is 5.76 Å². The number of aryl methyl sites for hydroxylation is 3. The summed E-state index contributed by atoms with van der Waals surface area (Å²) in [6.45, 7) is 6.49. The van der Waals surface area contributed by atoms with E-state index in [9.17, 15) is 13.2 Å². The predicted octanol–water partition coefficient (Wildman–Crippen LogP) is 2.36. The molecule has 1 aromatic heterocycles. The third-order valence-corrected chi connectivity index (χ3v) is 7.37. The van der Waals surface area contributed by atoms with Crippen LogP contribution in [0.5, 0.6) is 0 Å². The van der Waals surface area contributed by atoms with Crippen LogP contribution in [0.4, 0.5) is 0 Å². The van der Waals surface area contributed by atoms with E-state index in [1.807, 2.05) is 6.92 Å². The Morgan fingerprint density at radius 1 is 1.18 bits per heavy atom. The maximum absolute atomic E-state index is 12.8. The van der Waals surface area contributed by atoms with Crippen molar-refractivity contribution in [1.29, 1.82) is 0 Å². The molecule has 1 fully saturated rings. The molecule has 0 unspecified atom stereocenters. The molecule has 7 nitrogen and oxygen atoms in total. The van der Waals surface area contributed by atoms with Gasteiger partial charge in [-0.3, -0.25) is 4.79 Å². The maximum atomic E-state index is 12.8.